The Hall–Kier alpha value is -2.54. The van der Waals surface area contributed by atoms with E-state index in [4.69, 9.17) is 5.84 Å². The molecule has 0 aliphatic carbocycles. The summed E-state index contributed by atoms with van der Waals surface area (Å²) in [6.45, 7) is 0.264. The van der Waals surface area contributed by atoms with Crippen LogP contribution in [0.5, 0.6) is 0 Å². The van der Waals surface area contributed by atoms with Gasteiger partial charge in [-0.3, -0.25) is 9.78 Å². The summed E-state index contributed by atoms with van der Waals surface area (Å²) in [5.41, 5.74) is 2.79. The van der Waals surface area contributed by atoms with Gasteiger partial charge in [0.25, 0.3) is 5.91 Å². The van der Waals surface area contributed by atoms with Gasteiger partial charge in [0.15, 0.2) is 11.6 Å². The molecule has 0 aromatic carbocycles. The molecule has 2 heterocycles. The molecule has 7 heteroatoms. The second-order valence-electron chi connectivity index (χ2n) is 3.71. The first-order chi connectivity index (χ1) is 9.22. The van der Waals surface area contributed by atoms with Gasteiger partial charge in [0, 0.05) is 25.1 Å². The predicted molar refractivity (Wildman–Crippen MR) is 67.4 cm³/mol. The number of pyridine rings is 2. The number of carbonyl (C=O) groups is 1. The van der Waals surface area contributed by atoms with Crippen molar-refractivity contribution in [2.24, 2.45) is 5.84 Å². The van der Waals surface area contributed by atoms with Crippen molar-refractivity contribution in [2.75, 3.05) is 5.43 Å². The van der Waals surface area contributed by atoms with Crippen LogP contribution in [0.1, 0.15) is 15.9 Å². The second kappa shape index (κ2) is 5.87. The highest BCUT2D eigenvalue weighted by Gasteiger charge is 2.15. The van der Waals surface area contributed by atoms with Crippen molar-refractivity contribution in [2.45, 2.75) is 6.54 Å². The van der Waals surface area contributed by atoms with E-state index in [0.29, 0.717) is 0 Å². The number of nitrogens with two attached hydrogens (primary N) is 1. The van der Waals surface area contributed by atoms with Crippen LogP contribution in [-0.4, -0.2) is 15.9 Å². The van der Waals surface area contributed by atoms with Crippen molar-refractivity contribution < 1.29 is 9.18 Å². The zero-order valence-electron chi connectivity index (χ0n) is 9.93. The molecule has 0 aliphatic rings. The molecule has 0 unspecified atom stereocenters. The highest BCUT2D eigenvalue weighted by atomic mass is 19.1. The van der Waals surface area contributed by atoms with E-state index < -0.39 is 11.7 Å². The summed E-state index contributed by atoms with van der Waals surface area (Å²) in [7, 11) is 0. The van der Waals surface area contributed by atoms with Crippen LogP contribution in [0.4, 0.5) is 10.2 Å². The van der Waals surface area contributed by atoms with Crippen molar-refractivity contribution in [3.63, 3.8) is 0 Å². The Labute approximate surface area is 108 Å². The largest absolute Gasteiger partial charge is 0.348 e. The van der Waals surface area contributed by atoms with Gasteiger partial charge in [-0.1, -0.05) is 6.07 Å². The Kier molecular flexibility index (Phi) is 3.99. The Morgan fingerprint density at radius 1 is 1.37 bits per heavy atom. The number of nitrogen functional groups attached to an aromatic ring is 1. The quantitative estimate of drug-likeness (QED) is 0.560. The van der Waals surface area contributed by atoms with Crippen molar-refractivity contribution in [1.29, 1.82) is 0 Å². The number of nitrogens with one attached hydrogen (secondary N) is 2. The molecule has 4 N–H and O–H groups in total. The first kappa shape index (κ1) is 12.9. The van der Waals surface area contributed by atoms with E-state index in [0.717, 1.165) is 5.56 Å². The van der Waals surface area contributed by atoms with Gasteiger partial charge in [0.2, 0.25) is 0 Å². The molecule has 1 amide bonds. The number of anilines is 1. The van der Waals surface area contributed by atoms with E-state index in [1.54, 1.807) is 18.5 Å². The third-order valence-corrected chi connectivity index (χ3v) is 2.45. The summed E-state index contributed by atoms with van der Waals surface area (Å²) in [6.07, 6.45) is 4.56. The minimum atomic E-state index is -0.784. The summed E-state index contributed by atoms with van der Waals surface area (Å²) >= 11 is 0. The van der Waals surface area contributed by atoms with Crippen LogP contribution in [0.3, 0.4) is 0 Å². The van der Waals surface area contributed by atoms with Gasteiger partial charge in [-0.15, -0.1) is 0 Å². The van der Waals surface area contributed by atoms with Crippen LogP contribution >= 0.6 is 0 Å². The van der Waals surface area contributed by atoms with Crippen molar-refractivity contribution in [3.8, 4) is 0 Å². The highest BCUT2D eigenvalue weighted by Crippen LogP contribution is 2.13. The molecule has 0 aliphatic heterocycles. The third kappa shape index (κ3) is 3.02. The standard InChI is InChI=1S/C12H12FN5O/c13-10-9(3-5-16-11(10)18-14)12(19)17-7-8-2-1-4-15-6-8/h1-6H,7,14H2,(H,16,18)(H,17,19). The van der Waals surface area contributed by atoms with E-state index >= 15 is 0 Å². The van der Waals surface area contributed by atoms with Gasteiger partial charge in [-0.05, 0) is 17.7 Å². The second-order valence-corrected chi connectivity index (χ2v) is 3.71. The SMILES string of the molecule is NNc1nccc(C(=O)NCc2cccnc2)c1F. The molecular formula is C12H12FN5O. The van der Waals surface area contributed by atoms with E-state index in [-0.39, 0.29) is 17.9 Å². The maximum absolute atomic E-state index is 13.8. The first-order valence-corrected chi connectivity index (χ1v) is 5.50. The molecule has 0 spiro atoms. The van der Waals surface area contributed by atoms with Crippen molar-refractivity contribution in [3.05, 3.63) is 53.7 Å². The molecule has 0 saturated carbocycles. The lowest BCUT2D eigenvalue weighted by Gasteiger charge is -2.07. The molecule has 98 valence electrons. The molecule has 0 radical (unpaired) electrons. The zero-order chi connectivity index (χ0) is 13.7. The van der Waals surface area contributed by atoms with Crippen LogP contribution in [-0.2, 0) is 6.54 Å². The molecule has 2 aromatic heterocycles. The van der Waals surface area contributed by atoms with Crippen LogP contribution in [0.25, 0.3) is 0 Å². The molecule has 2 aromatic rings. The highest BCUT2D eigenvalue weighted by molar-refractivity contribution is 5.95. The molecule has 0 atom stereocenters. The number of halogens is 1. The lowest BCUT2D eigenvalue weighted by atomic mass is 10.2. The van der Waals surface area contributed by atoms with Gasteiger partial charge < -0.3 is 10.7 Å². The lowest BCUT2D eigenvalue weighted by molar-refractivity contribution is 0.0947. The maximum Gasteiger partial charge on any atom is 0.254 e. The number of hydrogen-bond donors (Lipinski definition) is 3. The van der Waals surface area contributed by atoms with Gasteiger partial charge in [0.05, 0.1) is 5.56 Å². The number of amides is 1. The fourth-order valence-corrected chi connectivity index (χ4v) is 1.50. The lowest BCUT2D eigenvalue weighted by Crippen LogP contribution is -2.25. The molecule has 0 fully saturated rings. The fourth-order valence-electron chi connectivity index (χ4n) is 1.50. The first-order valence-electron chi connectivity index (χ1n) is 5.50. The van der Waals surface area contributed by atoms with Gasteiger partial charge >= 0.3 is 0 Å². The minimum absolute atomic E-state index is 0.119. The molecule has 19 heavy (non-hydrogen) atoms. The summed E-state index contributed by atoms with van der Waals surface area (Å²) in [6, 6.07) is 4.85. The summed E-state index contributed by atoms with van der Waals surface area (Å²) < 4.78 is 13.8. The summed E-state index contributed by atoms with van der Waals surface area (Å²) in [5.74, 6) is 3.59. The van der Waals surface area contributed by atoms with Crippen molar-refractivity contribution in [1.82, 2.24) is 15.3 Å². The molecule has 0 bridgehead atoms. The average molecular weight is 261 g/mol. The average Bonchev–Trinajstić information content (AvgIpc) is 2.46. The monoisotopic (exact) mass is 261 g/mol. The Balaban J connectivity index is 2.08. The maximum atomic E-state index is 13.8. The molecule has 0 saturated heterocycles. The Bertz CT molecular complexity index is 576. The van der Waals surface area contributed by atoms with Crippen LogP contribution < -0.4 is 16.6 Å². The predicted octanol–water partition coefficient (Wildman–Crippen LogP) is 0.831. The normalized spacial score (nSPS) is 10.0. The minimum Gasteiger partial charge on any atom is -0.348 e. The van der Waals surface area contributed by atoms with Crippen LogP contribution in [0.15, 0.2) is 36.8 Å². The molecular weight excluding hydrogens is 249 g/mol. The summed E-state index contributed by atoms with van der Waals surface area (Å²) in [4.78, 5) is 19.4. The number of aromatic nitrogens is 2. The smallest absolute Gasteiger partial charge is 0.254 e. The van der Waals surface area contributed by atoms with Crippen LogP contribution in [0, 0.1) is 5.82 Å². The van der Waals surface area contributed by atoms with Crippen molar-refractivity contribution >= 4 is 11.7 Å². The third-order valence-electron chi connectivity index (χ3n) is 2.45. The van der Waals surface area contributed by atoms with E-state index in [2.05, 4.69) is 20.7 Å². The fraction of sp³-hybridized carbons (Fsp3) is 0.0833. The van der Waals surface area contributed by atoms with Gasteiger partial charge in [-0.2, -0.15) is 0 Å². The van der Waals surface area contributed by atoms with E-state index in [1.165, 1.54) is 12.3 Å². The van der Waals surface area contributed by atoms with Gasteiger partial charge in [0.1, 0.15) is 0 Å². The Morgan fingerprint density at radius 3 is 2.89 bits per heavy atom. The summed E-state index contributed by atoms with van der Waals surface area (Å²) in [5, 5.41) is 2.59. The van der Waals surface area contributed by atoms with Crippen LogP contribution in [0.2, 0.25) is 0 Å². The van der Waals surface area contributed by atoms with E-state index in [9.17, 15) is 9.18 Å². The number of hydrogen-bond acceptors (Lipinski definition) is 5. The van der Waals surface area contributed by atoms with E-state index in [1.807, 2.05) is 6.07 Å². The zero-order valence-corrected chi connectivity index (χ0v) is 9.93. The number of rotatable bonds is 4. The Morgan fingerprint density at radius 2 is 2.21 bits per heavy atom. The molecule has 6 nitrogen and oxygen atoms in total. The number of nitrogens with zero attached hydrogens (tertiary/aromatic N) is 2. The number of hydrazine groups is 1. The number of carbonyl (C=O) groups excluding carboxylic acids is 1. The molecule has 2 rings (SSSR count). The van der Waals surface area contributed by atoms with Gasteiger partial charge in [-0.25, -0.2) is 15.2 Å². The topological polar surface area (TPSA) is 92.9 Å².